The van der Waals surface area contributed by atoms with E-state index in [1.54, 1.807) is 16.8 Å². The van der Waals surface area contributed by atoms with Gasteiger partial charge in [0.15, 0.2) is 11.6 Å². The Morgan fingerprint density at radius 1 is 1.00 bits per heavy atom. The van der Waals surface area contributed by atoms with Gasteiger partial charge < -0.3 is 5.32 Å². The molecule has 0 amide bonds. The molecule has 3 aromatic carbocycles. The molecule has 7 heteroatoms. The summed E-state index contributed by atoms with van der Waals surface area (Å²) in [6, 6.07) is 25.3. The third-order valence-corrected chi connectivity index (χ3v) is 5.80. The van der Waals surface area contributed by atoms with Crippen LogP contribution in [0.25, 0.3) is 5.69 Å². The second kappa shape index (κ2) is 9.41. The minimum absolute atomic E-state index is 0.0423. The van der Waals surface area contributed by atoms with Crippen LogP contribution in [-0.4, -0.2) is 20.1 Å². The fraction of sp³-hybridized carbons (Fsp3) is 0.125. The zero-order valence-electron chi connectivity index (χ0n) is 17.0. The predicted molar refractivity (Wildman–Crippen MR) is 129 cm³/mol. The van der Waals surface area contributed by atoms with Crippen molar-refractivity contribution < 1.29 is 4.79 Å². The van der Waals surface area contributed by atoms with Gasteiger partial charge >= 0.3 is 0 Å². The maximum absolute atomic E-state index is 12.8. The Hall–Kier alpha value is -3.03. The third kappa shape index (κ3) is 5.00. The Morgan fingerprint density at radius 3 is 2.35 bits per heavy atom. The lowest BCUT2D eigenvalue weighted by Crippen LogP contribution is -2.12. The van der Waals surface area contributed by atoms with E-state index >= 15 is 0 Å². The lowest BCUT2D eigenvalue weighted by molar-refractivity contribution is 0.0967. The van der Waals surface area contributed by atoms with Gasteiger partial charge in [-0.05, 0) is 55.5 Å². The maximum atomic E-state index is 12.8. The van der Waals surface area contributed by atoms with Crippen LogP contribution in [0.1, 0.15) is 21.7 Å². The zero-order chi connectivity index (χ0) is 21.8. The van der Waals surface area contributed by atoms with Crippen molar-refractivity contribution in [3.8, 4) is 5.69 Å². The molecule has 1 heterocycles. The first kappa shape index (κ1) is 21.2. The van der Waals surface area contributed by atoms with E-state index in [0.29, 0.717) is 16.9 Å². The van der Waals surface area contributed by atoms with Crippen molar-refractivity contribution in [3.63, 3.8) is 0 Å². The minimum Gasteiger partial charge on any atom is -0.378 e. The largest absolute Gasteiger partial charge is 0.378 e. The number of benzene rings is 3. The van der Waals surface area contributed by atoms with Gasteiger partial charge in [-0.1, -0.05) is 64.0 Å². The van der Waals surface area contributed by atoms with Crippen LogP contribution < -0.4 is 5.32 Å². The van der Waals surface area contributed by atoms with Crippen LogP contribution in [0.3, 0.4) is 0 Å². The number of para-hydroxylation sites is 1. The number of halogens is 1. The molecule has 0 fully saturated rings. The van der Waals surface area contributed by atoms with Gasteiger partial charge in [-0.3, -0.25) is 9.36 Å². The molecule has 1 N–H and O–H groups in total. The Morgan fingerprint density at radius 2 is 1.68 bits per heavy atom. The van der Waals surface area contributed by atoms with Crippen molar-refractivity contribution in [2.45, 2.75) is 20.0 Å². The van der Waals surface area contributed by atoms with E-state index in [9.17, 15) is 4.79 Å². The second-order valence-electron chi connectivity index (χ2n) is 7.18. The number of nitrogens with one attached hydrogen (secondary N) is 1. The first-order valence-electron chi connectivity index (χ1n) is 9.85. The monoisotopic (exact) mass is 492 g/mol. The summed E-state index contributed by atoms with van der Waals surface area (Å²) in [5.74, 6) is 0.694. The number of aryl methyl sites for hydroxylation is 1. The molecule has 0 aliphatic heterocycles. The van der Waals surface area contributed by atoms with E-state index in [4.69, 9.17) is 12.2 Å². The lowest BCUT2D eigenvalue weighted by atomic mass is 10.1. The van der Waals surface area contributed by atoms with Gasteiger partial charge in [0.25, 0.3) is 0 Å². The molecule has 4 rings (SSSR count). The summed E-state index contributed by atoms with van der Waals surface area (Å²) in [6.07, 6.45) is 0. The second-order valence-corrected chi connectivity index (χ2v) is 8.46. The van der Waals surface area contributed by atoms with Crippen LogP contribution in [0.5, 0.6) is 0 Å². The molecule has 0 saturated carbocycles. The van der Waals surface area contributed by atoms with Gasteiger partial charge in [0.2, 0.25) is 4.77 Å². The van der Waals surface area contributed by atoms with Gasteiger partial charge in [-0.2, -0.15) is 5.10 Å². The van der Waals surface area contributed by atoms with Crippen LogP contribution in [0.2, 0.25) is 0 Å². The Balaban J connectivity index is 1.64. The van der Waals surface area contributed by atoms with Gasteiger partial charge in [-0.15, -0.1) is 0 Å². The Labute approximate surface area is 194 Å². The molecule has 0 atom stereocenters. The van der Waals surface area contributed by atoms with Gasteiger partial charge in [-0.25, -0.2) is 4.68 Å². The number of hydrogen-bond acceptors (Lipinski definition) is 4. The van der Waals surface area contributed by atoms with Crippen molar-refractivity contribution in [2.75, 3.05) is 5.32 Å². The van der Waals surface area contributed by atoms with Crippen molar-refractivity contribution >= 4 is 39.6 Å². The molecule has 0 saturated heterocycles. The van der Waals surface area contributed by atoms with E-state index in [-0.39, 0.29) is 12.3 Å². The molecule has 31 heavy (non-hydrogen) atoms. The number of nitrogens with zero attached hydrogens (tertiary/aromatic N) is 3. The smallest absolute Gasteiger partial charge is 0.203 e. The highest BCUT2D eigenvalue weighted by Gasteiger charge is 2.15. The lowest BCUT2D eigenvalue weighted by Gasteiger charge is -2.09. The van der Waals surface area contributed by atoms with Crippen LogP contribution in [-0.2, 0) is 13.1 Å². The van der Waals surface area contributed by atoms with Crippen molar-refractivity contribution in [2.24, 2.45) is 0 Å². The number of aromatic nitrogens is 3. The molecule has 0 unspecified atom stereocenters. The quantitative estimate of drug-likeness (QED) is 0.255. The number of hydrogen-bond donors (Lipinski definition) is 1. The van der Waals surface area contributed by atoms with Crippen LogP contribution in [0, 0.1) is 11.7 Å². The highest BCUT2D eigenvalue weighted by atomic mass is 79.9. The summed E-state index contributed by atoms with van der Waals surface area (Å²) < 4.78 is 4.92. The van der Waals surface area contributed by atoms with E-state index in [0.717, 1.165) is 21.7 Å². The molecular weight excluding hydrogens is 472 g/mol. The van der Waals surface area contributed by atoms with E-state index in [1.165, 1.54) is 5.56 Å². The van der Waals surface area contributed by atoms with Crippen LogP contribution in [0.4, 0.5) is 5.69 Å². The molecule has 5 nitrogen and oxygen atoms in total. The number of anilines is 1. The Bertz CT molecular complexity index is 1250. The van der Waals surface area contributed by atoms with E-state index in [2.05, 4.69) is 45.4 Å². The van der Waals surface area contributed by atoms with Gasteiger partial charge in [0, 0.05) is 21.4 Å². The van der Waals surface area contributed by atoms with Crippen molar-refractivity contribution in [3.05, 3.63) is 105 Å². The standard InChI is InChI=1S/C24H21BrN4OS/c1-17-7-13-20(14-8-17)26-15-23-27-28(16-22(30)18-9-11-19(25)12-10-18)24(31)29(23)21-5-3-2-4-6-21/h2-14,26H,15-16H2,1H3. The highest BCUT2D eigenvalue weighted by Crippen LogP contribution is 2.16. The predicted octanol–water partition coefficient (Wildman–Crippen LogP) is 5.97. The maximum Gasteiger partial charge on any atom is 0.203 e. The molecular formula is C24H21BrN4OS. The first-order chi connectivity index (χ1) is 15.0. The molecule has 0 bridgehead atoms. The number of rotatable bonds is 7. The van der Waals surface area contributed by atoms with Crippen molar-refractivity contribution in [1.29, 1.82) is 0 Å². The molecule has 156 valence electrons. The normalized spacial score (nSPS) is 10.8. The van der Waals surface area contributed by atoms with Gasteiger partial charge in [0.05, 0.1) is 6.54 Å². The number of carbonyl (C=O) groups is 1. The summed E-state index contributed by atoms with van der Waals surface area (Å²) in [5, 5.41) is 8.08. The zero-order valence-corrected chi connectivity index (χ0v) is 19.4. The topological polar surface area (TPSA) is 51.9 Å². The molecule has 1 aromatic heterocycles. The van der Waals surface area contributed by atoms with Gasteiger partial charge in [0.1, 0.15) is 6.54 Å². The van der Waals surface area contributed by atoms with Crippen LogP contribution in [0.15, 0.2) is 83.3 Å². The van der Waals surface area contributed by atoms with E-state index in [1.807, 2.05) is 59.2 Å². The first-order valence-corrected chi connectivity index (χ1v) is 11.0. The minimum atomic E-state index is -0.0423. The molecule has 0 spiro atoms. The highest BCUT2D eigenvalue weighted by molar-refractivity contribution is 9.10. The summed E-state index contributed by atoms with van der Waals surface area (Å²) in [6.45, 7) is 2.61. The fourth-order valence-corrected chi connectivity index (χ4v) is 3.80. The summed E-state index contributed by atoms with van der Waals surface area (Å²) in [7, 11) is 0. The molecule has 0 aliphatic rings. The fourth-order valence-electron chi connectivity index (χ4n) is 3.22. The number of Topliss-reactive ketones (excluding diaryl/α,β-unsaturated/α-hetero) is 1. The molecule has 0 radical (unpaired) electrons. The summed E-state index contributed by atoms with van der Waals surface area (Å²) in [5.41, 5.74) is 3.74. The SMILES string of the molecule is Cc1ccc(NCc2nn(CC(=O)c3ccc(Br)cc3)c(=S)n2-c2ccccc2)cc1. The summed E-state index contributed by atoms with van der Waals surface area (Å²) >= 11 is 9.10. The number of carbonyl (C=O) groups excluding carboxylic acids is 1. The van der Waals surface area contributed by atoms with Crippen LogP contribution >= 0.6 is 28.1 Å². The Kier molecular flexibility index (Phi) is 6.44. The molecule has 4 aromatic rings. The average Bonchev–Trinajstić information content (AvgIpc) is 3.09. The molecule has 0 aliphatic carbocycles. The van der Waals surface area contributed by atoms with E-state index < -0.39 is 0 Å². The summed E-state index contributed by atoms with van der Waals surface area (Å²) in [4.78, 5) is 12.8. The van der Waals surface area contributed by atoms with Crippen molar-refractivity contribution in [1.82, 2.24) is 14.3 Å². The third-order valence-electron chi connectivity index (χ3n) is 4.88. The average molecular weight is 493 g/mol. The number of ketones is 1.